The lowest BCUT2D eigenvalue weighted by Crippen LogP contribution is -2.50. The second-order valence-corrected chi connectivity index (χ2v) is 6.42. The number of piperazine rings is 1. The van der Waals surface area contributed by atoms with Crippen LogP contribution in [-0.2, 0) is 0 Å². The largest absolute Gasteiger partial charge is 0.507 e. The van der Waals surface area contributed by atoms with Crippen molar-refractivity contribution in [2.24, 2.45) is 0 Å². The van der Waals surface area contributed by atoms with E-state index < -0.39 is 0 Å². The van der Waals surface area contributed by atoms with Crippen molar-refractivity contribution in [1.29, 1.82) is 0 Å². The minimum absolute atomic E-state index is 0.0195. The zero-order valence-electron chi connectivity index (χ0n) is 12.7. The number of carbonyl (C=O) groups excluding carboxylic acids is 2. The third-order valence-electron chi connectivity index (χ3n) is 3.83. The first-order chi connectivity index (χ1) is 11.1. The molecule has 0 aliphatic carbocycles. The Morgan fingerprint density at radius 3 is 2.26 bits per heavy atom. The molecule has 7 heteroatoms. The lowest BCUT2D eigenvalue weighted by atomic mass is 10.1. The summed E-state index contributed by atoms with van der Waals surface area (Å²) in [5, 5.41) is 12.4. The molecule has 1 aliphatic heterocycles. The fraction of sp³-hybridized carbons (Fsp3) is 0.312. The number of carbonyl (C=O) groups is 2. The number of phenolic OH excluding ortho intramolecular Hbond substituents is 1. The van der Waals surface area contributed by atoms with Crippen molar-refractivity contribution in [3.8, 4) is 5.75 Å². The molecule has 1 aliphatic rings. The van der Waals surface area contributed by atoms with Crippen LogP contribution >= 0.6 is 11.3 Å². The summed E-state index contributed by atoms with van der Waals surface area (Å²) in [6, 6.07) is 6.50. The van der Waals surface area contributed by atoms with E-state index in [-0.39, 0.29) is 17.6 Å². The molecule has 120 valence electrons. The van der Waals surface area contributed by atoms with E-state index in [9.17, 15) is 14.7 Å². The SMILES string of the molecule is Cc1nc(C(=O)N2CCN(C(=O)c3ccccc3O)CC2)cs1. The molecule has 2 amide bonds. The number of nitrogens with zero attached hydrogens (tertiary/aromatic N) is 3. The molecule has 0 bridgehead atoms. The van der Waals surface area contributed by atoms with E-state index in [1.165, 1.54) is 17.4 Å². The molecule has 0 atom stereocenters. The number of hydrogen-bond donors (Lipinski definition) is 1. The first kappa shape index (κ1) is 15.5. The summed E-state index contributed by atoms with van der Waals surface area (Å²) >= 11 is 1.45. The first-order valence-corrected chi connectivity index (χ1v) is 8.23. The quantitative estimate of drug-likeness (QED) is 0.910. The molecule has 1 aromatic heterocycles. The van der Waals surface area contributed by atoms with Crippen LogP contribution in [0.15, 0.2) is 29.6 Å². The molecule has 1 N–H and O–H groups in total. The van der Waals surface area contributed by atoms with E-state index in [1.807, 2.05) is 6.92 Å². The molecule has 0 spiro atoms. The third kappa shape index (κ3) is 3.19. The van der Waals surface area contributed by atoms with E-state index in [2.05, 4.69) is 4.98 Å². The Labute approximate surface area is 138 Å². The van der Waals surface area contributed by atoms with Gasteiger partial charge in [0.1, 0.15) is 11.4 Å². The summed E-state index contributed by atoms with van der Waals surface area (Å²) < 4.78 is 0. The highest BCUT2D eigenvalue weighted by Crippen LogP contribution is 2.19. The summed E-state index contributed by atoms with van der Waals surface area (Å²) in [6.07, 6.45) is 0. The summed E-state index contributed by atoms with van der Waals surface area (Å²) in [7, 11) is 0. The maximum Gasteiger partial charge on any atom is 0.273 e. The van der Waals surface area contributed by atoms with Gasteiger partial charge < -0.3 is 14.9 Å². The molecule has 1 fully saturated rings. The number of benzene rings is 1. The number of thiazole rings is 1. The molecule has 6 nitrogen and oxygen atoms in total. The van der Waals surface area contributed by atoms with Crippen molar-refractivity contribution >= 4 is 23.2 Å². The normalized spacial score (nSPS) is 14.8. The molecular formula is C16H17N3O3S. The molecule has 1 aromatic carbocycles. The van der Waals surface area contributed by atoms with Gasteiger partial charge >= 0.3 is 0 Å². The predicted octanol–water partition coefficient (Wildman–Crippen LogP) is 1.76. The monoisotopic (exact) mass is 331 g/mol. The Bertz CT molecular complexity index is 736. The van der Waals surface area contributed by atoms with Gasteiger partial charge in [-0.25, -0.2) is 4.98 Å². The number of hydrogen-bond acceptors (Lipinski definition) is 5. The van der Waals surface area contributed by atoms with Gasteiger partial charge in [-0.3, -0.25) is 9.59 Å². The second-order valence-electron chi connectivity index (χ2n) is 5.35. The smallest absolute Gasteiger partial charge is 0.273 e. The highest BCUT2D eigenvalue weighted by atomic mass is 32.1. The van der Waals surface area contributed by atoms with E-state index in [0.717, 1.165) is 5.01 Å². The number of aromatic hydroxyl groups is 1. The Kier molecular flexibility index (Phi) is 4.29. The number of phenols is 1. The predicted molar refractivity (Wildman–Crippen MR) is 86.8 cm³/mol. The Hall–Kier alpha value is -2.41. The van der Waals surface area contributed by atoms with Crippen LogP contribution in [0.3, 0.4) is 0 Å². The van der Waals surface area contributed by atoms with Crippen molar-refractivity contribution in [2.75, 3.05) is 26.2 Å². The summed E-state index contributed by atoms with van der Waals surface area (Å²) in [5.41, 5.74) is 0.760. The summed E-state index contributed by atoms with van der Waals surface area (Å²) in [4.78, 5) is 32.3. The van der Waals surface area contributed by atoms with Crippen LogP contribution in [-0.4, -0.2) is 57.9 Å². The van der Waals surface area contributed by atoms with Crippen LogP contribution in [0.2, 0.25) is 0 Å². The summed E-state index contributed by atoms with van der Waals surface area (Å²) in [6.45, 7) is 3.69. The second kappa shape index (κ2) is 6.37. The van der Waals surface area contributed by atoms with Crippen LogP contribution in [0.1, 0.15) is 25.9 Å². The van der Waals surface area contributed by atoms with Crippen LogP contribution in [0.4, 0.5) is 0 Å². The van der Waals surface area contributed by atoms with Gasteiger partial charge in [-0.15, -0.1) is 11.3 Å². The van der Waals surface area contributed by atoms with Gasteiger partial charge in [0.05, 0.1) is 10.6 Å². The highest BCUT2D eigenvalue weighted by Gasteiger charge is 2.27. The van der Waals surface area contributed by atoms with Crippen molar-refractivity contribution in [2.45, 2.75) is 6.92 Å². The maximum absolute atomic E-state index is 12.4. The lowest BCUT2D eigenvalue weighted by Gasteiger charge is -2.34. The number of amides is 2. The molecule has 0 saturated carbocycles. The van der Waals surface area contributed by atoms with Gasteiger partial charge in [-0.05, 0) is 19.1 Å². The average molecular weight is 331 g/mol. The van der Waals surface area contributed by atoms with Crippen molar-refractivity contribution in [3.05, 3.63) is 45.9 Å². The van der Waals surface area contributed by atoms with Crippen molar-refractivity contribution < 1.29 is 14.7 Å². The minimum atomic E-state index is -0.209. The van der Waals surface area contributed by atoms with E-state index in [0.29, 0.717) is 37.4 Å². The van der Waals surface area contributed by atoms with Gasteiger partial charge in [0.15, 0.2) is 0 Å². The molecule has 3 rings (SSSR count). The molecule has 0 radical (unpaired) electrons. The van der Waals surface area contributed by atoms with Gasteiger partial charge in [0.2, 0.25) is 0 Å². The zero-order chi connectivity index (χ0) is 16.4. The van der Waals surface area contributed by atoms with Crippen LogP contribution in [0.5, 0.6) is 5.75 Å². The number of rotatable bonds is 2. The molecular weight excluding hydrogens is 314 g/mol. The van der Waals surface area contributed by atoms with Crippen LogP contribution in [0, 0.1) is 6.92 Å². The van der Waals surface area contributed by atoms with Crippen molar-refractivity contribution in [3.63, 3.8) is 0 Å². The topological polar surface area (TPSA) is 73.7 Å². The molecule has 23 heavy (non-hydrogen) atoms. The van der Waals surface area contributed by atoms with Gasteiger partial charge in [0, 0.05) is 31.6 Å². The van der Waals surface area contributed by atoms with E-state index >= 15 is 0 Å². The number of para-hydroxylation sites is 1. The number of aryl methyl sites for hydroxylation is 1. The average Bonchev–Trinajstić information content (AvgIpc) is 3.01. The van der Waals surface area contributed by atoms with Gasteiger partial charge in [0.25, 0.3) is 11.8 Å². The molecule has 2 aromatic rings. The van der Waals surface area contributed by atoms with Gasteiger partial charge in [-0.1, -0.05) is 12.1 Å². The van der Waals surface area contributed by atoms with Gasteiger partial charge in [-0.2, -0.15) is 0 Å². The summed E-state index contributed by atoms with van der Waals surface area (Å²) in [5.74, 6) is -0.322. The molecule has 1 saturated heterocycles. The zero-order valence-corrected chi connectivity index (χ0v) is 13.5. The standard InChI is InChI=1S/C16H17N3O3S/c1-11-17-13(10-23-11)16(22)19-8-6-18(7-9-19)15(21)12-4-2-3-5-14(12)20/h2-5,10,20H,6-9H2,1H3. The fourth-order valence-corrected chi connectivity index (χ4v) is 3.15. The minimum Gasteiger partial charge on any atom is -0.507 e. The molecule has 0 unspecified atom stereocenters. The lowest BCUT2D eigenvalue weighted by molar-refractivity contribution is 0.0531. The third-order valence-corrected chi connectivity index (χ3v) is 4.60. The number of aromatic nitrogens is 1. The molecule has 2 heterocycles. The van der Waals surface area contributed by atoms with E-state index in [1.54, 1.807) is 33.4 Å². The Morgan fingerprint density at radius 2 is 1.70 bits per heavy atom. The van der Waals surface area contributed by atoms with Crippen LogP contribution < -0.4 is 0 Å². The Balaban J connectivity index is 1.63. The highest BCUT2D eigenvalue weighted by molar-refractivity contribution is 7.09. The van der Waals surface area contributed by atoms with Crippen molar-refractivity contribution in [1.82, 2.24) is 14.8 Å². The van der Waals surface area contributed by atoms with Crippen LogP contribution in [0.25, 0.3) is 0 Å². The fourth-order valence-electron chi connectivity index (χ4n) is 2.56. The first-order valence-electron chi connectivity index (χ1n) is 7.35. The van der Waals surface area contributed by atoms with E-state index in [4.69, 9.17) is 0 Å². The Morgan fingerprint density at radius 1 is 1.09 bits per heavy atom. The maximum atomic E-state index is 12.4.